The van der Waals surface area contributed by atoms with Gasteiger partial charge in [-0.3, -0.25) is 9.98 Å². The lowest BCUT2D eigenvalue weighted by Crippen LogP contribution is -2.29. The number of dihydropyridines is 1. The Morgan fingerprint density at radius 3 is 3.29 bits per heavy atom. The van der Waals surface area contributed by atoms with Gasteiger partial charge in [0.25, 0.3) is 0 Å². The number of hydrogen-bond acceptors (Lipinski definition) is 3. The van der Waals surface area contributed by atoms with E-state index in [1.54, 1.807) is 0 Å². The zero-order valence-electron chi connectivity index (χ0n) is 7.96. The summed E-state index contributed by atoms with van der Waals surface area (Å²) in [5.41, 5.74) is 2.30. The molecular formula is C11H11N3. The van der Waals surface area contributed by atoms with Crippen molar-refractivity contribution >= 4 is 11.9 Å². The molecule has 3 rings (SSSR count). The van der Waals surface area contributed by atoms with Gasteiger partial charge in [0.2, 0.25) is 0 Å². The van der Waals surface area contributed by atoms with Crippen molar-refractivity contribution in [1.82, 2.24) is 4.98 Å². The third-order valence-corrected chi connectivity index (χ3v) is 2.89. The van der Waals surface area contributed by atoms with Crippen molar-refractivity contribution < 1.29 is 0 Å². The number of rotatable bonds is 0. The minimum absolute atomic E-state index is 0.196. The molecule has 2 aliphatic heterocycles. The van der Waals surface area contributed by atoms with Crippen molar-refractivity contribution in [1.29, 1.82) is 0 Å². The topological polar surface area (TPSA) is 28.5 Å². The fourth-order valence-corrected chi connectivity index (χ4v) is 2.17. The number of aliphatic imine (C=N–C) groups is 1. The summed E-state index contributed by atoms with van der Waals surface area (Å²) in [6.45, 7) is 0. The molecule has 1 aromatic heterocycles. The maximum absolute atomic E-state index is 4.47. The van der Waals surface area contributed by atoms with Crippen LogP contribution in [0, 0.1) is 0 Å². The molecule has 70 valence electrons. The number of anilines is 1. The molecule has 2 atom stereocenters. The Balaban J connectivity index is 2.17. The third-order valence-electron chi connectivity index (χ3n) is 2.89. The molecule has 14 heavy (non-hydrogen) atoms. The molecule has 3 heterocycles. The van der Waals surface area contributed by atoms with Gasteiger partial charge in [0.05, 0.1) is 17.4 Å². The molecule has 0 aromatic carbocycles. The zero-order valence-corrected chi connectivity index (χ0v) is 7.96. The molecule has 1 aromatic rings. The molecular weight excluding hydrogens is 174 g/mol. The average molecular weight is 185 g/mol. The van der Waals surface area contributed by atoms with Gasteiger partial charge in [-0.2, -0.15) is 0 Å². The van der Waals surface area contributed by atoms with E-state index in [4.69, 9.17) is 0 Å². The molecule has 0 fully saturated rings. The number of nitrogens with zero attached hydrogens (tertiary/aromatic N) is 3. The Labute approximate surface area is 82.8 Å². The van der Waals surface area contributed by atoms with Crippen LogP contribution in [0.5, 0.6) is 0 Å². The van der Waals surface area contributed by atoms with Crippen molar-refractivity contribution in [3.05, 3.63) is 36.2 Å². The van der Waals surface area contributed by atoms with Gasteiger partial charge < -0.3 is 4.90 Å². The van der Waals surface area contributed by atoms with Gasteiger partial charge in [0, 0.05) is 19.5 Å². The second-order valence-corrected chi connectivity index (χ2v) is 3.64. The van der Waals surface area contributed by atoms with Gasteiger partial charge >= 0.3 is 0 Å². The van der Waals surface area contributed by atoms with Crippen LogP contribution in [-0.4, -0.2) is 24.3 Å². The van der Waals surface area contributed by atoms with E-state index < -0.39 is 0 Å². The summed E-state index contributed by atoms with van der Waals surface area (Å²) in [7, 11) is 2.09. The van der Waals surface area contributed by atoms with Crippen LogP contribution in [0.15, 0.2) is 35.5 Å². The van der Waals surface area contributed by atoms with E-state index in [2.05, 4.69) is 34.1 Å². The molecule has 0 saturated carbocycles. The highest BCUT2D eigenvalue weighted by molar-refractivity contribution is 5.75. The first-order valence-electron chi connectivity index (χ1n) is 4.75. The SMILES string of the molecule is CN1c2cccnc2C2N=CC=CC21. The summed E-state index contributed by atoms with van der Waals surface area (Å²) in [5.74, 6) is 0. The molecule has 0 radical (unpaired) electrons. The zero-order chi connectivity index (χ0) is 9.54. The number of aromatic nitrogens is 1. The molecule has 0 saturated heterocycles. The van der Waals surface area contributed by atoms with Crippen LogP contribution in [0.1, 0.15) is 11.7 Å². The van der Waals surface area contributed by atoms with Crippen LogP contribution >= 0.6 is 0 Å². The van der Waals surface area contributed by atoms with Gasteiger partial charge in [-0.1, -0.05) is 6.08 Å². The number of hydrogen-bond donors (Lipinski definition) is 0. The van der Waals surface area contributed by atoms with Gasteiger partial charge in [-0.15, -0.1) is 0 Å². The molecule has 0 bridgehead atoms. The molecule has 3 heteroatoms. The van der Waals surface area contributed by atoms with Crippen molar-refractivity contribution in [2.75, 3.05) is 11.9 Å². The number of pyridine rings is 1. The predicted octanol–water partition coefficient (Wildman–Crippen LogP) is 1.58. The summed E-state index contributed by atoms with van der Waals surface area (Å²) >= 11 is 0. The second kappa shape index (κ2) is 2.67. The standard InChI is InChI=1S/C11H11N3/c1-14-8-4-2-6-12-10(8)11-9(14)5-3-7-13-11/h2-8,10H,1H3. The highest BCUT2D eigenvalue weighted by Crippen LogP contribution is 2.40. The molecule has 0 amide bonds. The van der Waals surface area contributed by atoms with Gasteiger partial charge in [0.15, 0.2) is 0 Å². The van der Waals surface area contributed by atoms with Crippen LogP contribution in [0.2, 0.25) is 0 Å². The van der Waals surface area contributed by atoms with E-state index in [1.807, 2.05) is 24.6 Å². The molecule has 3 nitrogen and oxygen atoms in total. The summed E-state index contributed by atoms with van der Waals surface area (Å²) in [6.07, 6.45) is 7.88. The first-order valence-corrected chi connectivity index (χ1v) is 4.75. The summed E-state index contributed by atoms with van der Waals surface area (Å²) in [6, 6.07) is 4.62. The van der Waals surface area contributed by atoms with Gasteiger partial charge in [-0.25, -0.2) is 0 Å². The van der Waals surface area contributed by atoms with Crippen LogP contribution in [-0.2, 0) is 0 Å². The van der Waals surface area contributed by atoms with Crippen LogP contribution in [0.4, 0.5) is 5.69 Å². The highest BCUT2D eigenvalue weighted by Gasteiger charge is 2.36. The maximum Gasteiger partial charge on any atom is 0.118 e. The Hall–Kier alpha value is -1.64. The third kappa shape index (κ3) is 0.867. The van der Waals surface area contributed by atoms with E-state index in [9.17, 15) is 0 Å². The van der Waals surface area contributed by atoms with E-state index in [0.29, 0.717) is 6.04 Å². The highest BCUT2D eigenvalue weighted by atomic mass is 15.2. The minimum Gasteiger partial charge on any atom is -0.364 e. The van der Waals surface area contributed by atoms with E-state index in [-0.39, 0.29) is 6.04 Å². The monoisotopic (exact) mass is 185 g/mol. The Bertz CT molecular complexity index is 422. The molecule has 0 aliphatic carbocycles. The summed E-state index contributed by atoms with van der Waals surface area (Å²) in [5, 5.41) is 0. The second-order valence-electron chi connectivity index (χ2n) is 3.64. The van der Waals surface area contributed by atoms with Crippen LogP contribution < -0.4 is 4.90 Å². The van der Waals surface area contributed by atoms with Crippen molar-refractivity contribution in [2.45, 2.75) is 12.1 Å². The summed E-state index contributed by atoms with van der Waals surface area (Å²) < 4.78 is 0. The normalized spacial score (nSPS) is 27.6. The number of fused-ring (bicyclic) bond motifs is 3. The lowest BCUT2D eigenvalue weighted by Gasteiger charge is -2.22. The Kier molecular flexibility index (Phi) is 1.48. The largest absolute Gasteiger partial charge is 0.364 e. The lowest BCUT2D eigenvalue weighted by molar-refractivity contribution is 0.641. The van der Waals surface area contributed by atoms with Gasteiger partial charge in [0.1, 0.15) is 6.04 Å². The minimum atomic E-state index is 0.196. The molecule has 0 N–H and O–H groups in total. The van der Waals surface area contributed by atoms with Crippen molar-refractivity contribution in [3.63, 3.8) is 0 Å². The number of likely N-dealkylation sites (N-methyl/N-ethyl adjacent to an activating group) is 1. The van der Waals surface area contributed by atoms with Crippen LogP contribution in [0.25, 0.3) is 0 Å². The molecule has 2 aliphatic rings. The van der Waals surface area contributed by atoms with Crippen molar-refractivity contribution in [2.24, 2.45) is 4.99 Å². The smallest absolute Gasteiger partial charge is 0.118 e. The van der Waals surface area contributed by atoms with Crippen LogP contribution in [0.3, 0.4) is 0 Å². The first kappa shape index (κ1) is 7.74. The summed E-state index contributed by atoms with van der Waals surface area (Å²) in [4.78, 5) is 11.1. The molecule has 0 spiro atoms. The Morgan fingerprint density at radius 1 is 1.43 bits per heavy atom. The maximum atomic E-state index is 4.47. The van der Waals surface area contributed by atoms with Gasteiger partial charge in [-0.05, 0) is 18.2 Å². The fourth-order valence-electron chi connectivity index (χ4n) is 2.17. The average Bonchev–Trinajstić information content (AvgIpc) is 2.55. The lowest BCUT2D eigenvalue weighted by atomic mass is 10.1. The van der Waals surface area contributed by atoms with E-state index >= 15 is 0 Å². The van der Waals surface area contributed by atoms with E-state index in [0.717, 1.165) is 5.69 Å². The molecule has 2 unspecified atom stereocenters. The van der Waals surface area contributed by atoms with E-state index in [1.165, 1.54) is 5.69 Å². The number of allylic oxidation sites excluding steroid dienone is 1. The van der Waals surface area contributed by atoms with Crippen molar-refractivity contribution in [3.8, 4) is 0 Å². The first-order chi connectivity index (χ1) is 6.88. The Morgan fingerprint density at radius 2 is 2.36 bits per heavy atom. The predicted molar refractivity (Wildman–Crippen MR) is 56.8 cm³/mol. The quantitative estimate of drug-likeness (QED) is 0.614. The fraction of sp³-hybridized carbons (Fsp3) is 0.273.